The summed E-state index contributed by atoms with van der Waals surface area (Å²) < 4.78 is 0. The molecule has 2 N–H and O–H groups in total. The number of carbonyl (C=O) groups excluding carboxylic acids is 1. The number of rotatable bonds is 6. The minimum atomic E-state index is 0.0134. The van der Waals surface area contributed by atoms with Gasteiger partial charge in [0, 0.05) is 13.1 Å². The Bertz CT molecular complexity index is 346. The van der Waals surface area contributed by atoms with Crippen molar-refractivity contribution in [1.29, 1.82) is 0 Å². The molecular weight excluding hydrogens is 212 g/mol. The zero-order valence-electron chi connectivity index (χ0n) is 10.9. The summed E-state index contributed by atoms with van der Waals surface area (Å²) in [4.78, 5) is 11.1. The van der Waals surface area contributed by atoms with Gasteiger partial charge in [0.25, 0.3) is 0 Å². The van der Waals surface area contributed by atoms with E-state index in [2.05, 4.69) is 48.7 Å². The Labute approximate surface area is 104 Å². The first-order chi connectivity index (χ1) is 8.17. The Hall–Kier alpha value is -1.35. The van der Waals surface area contributed by atoms with Gasteiger partial charge in [-0.3, -0.25) is 4.79 Å². The average molecular weight is 234 g/mol. The van der Waals surface area contributed by atoms with Crippen molar-refractivity contribution in [3.8, 4) is 0 Å². The third-order valence-electron chi connectivity index (χ3n) is 2.87. The molecule has 0 aliphatic carbocycles. The maximum absolute atomic E-state index is 11.1. The van der Waals surface area contributed by atoms with Gasteiger partial charge in [0.05, 0.1) is 6.54 Å². The molecule has 0 spiro atoms. The number of carbonyl (C=O) groups is 1. The highest BCUT2D eigenvalue weighted by atomic mass is 16.1. The molecule has 3 heteroatoms. The predicted octanol–water partition coefficient (Wildman–Crippen LogP) is 2.04. The molecule has 17 heavy (non-hydrogen) atoms. The second-order valence-corrected chi connectivity index (χ2v) is 4.27. The summed E-state index contributed by atoms with van der Waals surface area (Å²) in [6.45, 7) is 4.60. The Balaban J connectivity index is 2.51. The monoisotopic (exact) mass is 234 g/mol. The number of amides is 1. The number of aryl methyl sites for hydroxylation is 1. The molecule has 1 unspecified atom stereocenters. The molecule has 1 aromatic rings. The van der Waals surface area contributed by atoms with Crippen molar-refractivity contribution in [2.24, 2.45) is 0 Å². The van der Waals surface area contributed by atoms with Crippen molar-refractivity contribution in [3.63, 3.8) is 0 Å². The molecule has 0 aliphatic heterocycles. The van der Waals surface area contributed by atoms with Crippen LogP contribution in [-0.2, 0) is 11.2 Å². The Morgan fingerprint density at radius 2 is 1.94 bits per heavy atom. The summed E-state index contributed by atoms with van der Waals surface area (Å²) in [5.74, 6) is 0.0134. The van der Waals surface area contributed by atoms with Crippen LogP contribution >= 0.6 is 0 Å². The van der Waals surface area contributed by atoms with E-state index in [0.29, 0.717) is 6.54 Å². The fraction of sp³-hybridized carbons (Fsp3) is 0.500. The third-order valence-corrected chi connectivity index (χ3v) is 2.87. The van der Waals surface area contributed by atoms with Gasteiger partial charge in [-0.25, -0.2) is 0 Å². The summed E-state index contributed by atoms with van der Waals surface area (Å²) in [7, 11) is 1.65. The largest absolute Gasteiger partial charge is 0.358 e. The first kappa shape index (κ1) is 13.7. The van der Waals surface area contributed by atoms with Gasteiger partial charge in [-0.1, -0.05) is 37.6 Å². The fourth-order valence-electron chi connectivity index (χ4n) is 1.71. The highest BCUT2D eigenvalue weighted by Gasteiger charge is 2.06. The molecule has 0 radical (unpaired) electrons. The van der Waals surface area contributed by atoms with Crippen LogP contribution in [0.2, 0.25) is 0 Å². The van der Waals surface area contributed by atoms with E-state index in [4.69, 9.17) is 0 Å². The number of likely N-dealkylation sites (N-methyl/N-ethyl adjacent to an activating group) is 1. The van der Waals surface area contributed by atoms with Crippen LogP contribution in [0.4, 0.5) is 0 Å². The van der Waals surface area contributed by atoms with Gasteiger partial charge in [0.2, 0.25) is 5.91 Å². The van der Waals surface area contributed by atoms with Gasteiger partial charge in [-0.15, -0.1) is 0 Å². The van der Waals surface area contributed by atoms with E-state index in [0.717, 1.165) is 6.42 Å². The molecular formula is C14H22N2O. The number of nitrogens with one attached hydrogen (secondary N) is 2. The SMILES string of the molecule is CCCc1ccc(C(C)NCC(=O)NC)cc1. The first-order valence-electron chi connectivity index (χ1n) is 6.20. The molecule has 0 saturated carbocycles. The lowest BCUT2D eigenvalue weighted by atomic mass is 10.0. The second-order valence-electron chi connectivity index (χ2n) is 4.27. The lowest BCUT2D eigenvalue weighted by Gasteiger charge is -2.14. The van der Waals surface area contributed by atoms with E-state index in [1.165, 1.54) is 17.5 Å². The van der Waals surface area contributed by atoms with E-state index >= 15 is 0 Å². The Kier molecular flexibility index (Phi) is 5.70. The summed E-state index contributed by atoms with van der Waals surface area (Å²) >= 11 is 0. The van der Waals surface area contributed by atoms with Gasteiger partial charge in [-0.2, -0.15) is 0 Å². The number of benzene rings is 1. The fourth-order valence-corrected chi connectivity index (χ4v) is 1.71. The Morgan fingerprint density at radius 3 is 2.47 bits per heavy atom. The van der Waals surface area contributed by atoms with Crippen LogP contribution in [0.15, 0.2) is 24.3 Å². The van der Waals surface area contributed by atoms with E-state index in [1.54, 1.807) is 7.05 Å². The van der Waals surface area contributed by atoms with Gasteiger partial charge in [-0.05, 0) is 24.5 Å². The average Bonchev–Trinajstić information content (AvgIpc) is 2.36. The summed E-state index contributed by atoms with van der Waals surface area (Å²) in [6, 6.07) is 8.79. The molecule has 1 amide bonds. The van der Waals surface area contributed by atoms with Crippen molar-refractivity contribution < 1.29 is 4.79 Å². The third kappa shape index (κ3) is 4.57. The van der Waals surface area contributed by atoms with Crippen LogP contribution in [0.5, 0.6) is 0 Å². The van der Waals surface area contributed by atoms with E-state index < -0.39 is 0 Å². The minimum Gasteiger partial charge on any atom is -0.358 e. The maximum atomic E-state index is 11.1. The lowest BCUT2D eigenvalue weighted by Crippen LogP contribution is -2.32. The summed E-state index contributed by atoms with van der Waals surface area (Å²) in [5, 5.41) is 5.79. The maximum Gasteiger partial charge on any atom is 0.233 e. The number of hydrogen-bond donors (Lipinski definition) is 2. The molecule has 3 nitrogen and oxygen atoms in total. The standard InChI is InChI=1S/C14H22N2O/c1-4-5-12-6-8-13(9-7-12)11(2)16-10-14(17)15-3/h6-9,11,16H,4-5,10H2,1-3H3,(H,15,17). The van der Waals surface area contributed by atoms with Crippen LogP contribution in [0.3, 0.4) is 0 Å². The Morgan fingerprint density at radius 1 is 1.29 bits per heavy atom. The first-order valence-corrected chi connectivity index (χ1v) is 6.20. The van der Waals surface area contributed by atoms with Crippen molar-refractivity contribution in [3.05, 3.63) is 35.4 Å². The molecule has 0 fully saturated rings. The van der Waals surface area contributed by atoms with Crippen LogP contribution in [-0.4, -0.2) is 19.5 Å². The molecule has 1 rings (SSSR count). The highest BCUT2D eigenvalue weighted by molar-refractivity contribution is 5.77. The topological polar surface area (TPSA) is 41.1 Å². The van der Waals surface area contributed by atoms with Gasteiger partial charge < -0.3 is 10.6 Å². The van der Waals surface area contributed by atoms with Crippen molar-refractivity contribution in [1.82, 2.24) is 10.6 Å². The van der Waals surface area contributed by atoms with E-state index in [1.807, 2.05) is 0 Å². The zero-order chi connectivity index (χ0) is 12.7. The van der Waals surface area contributed by atoms with Gasteiger partial charge in [0.1, 0.15) is 0 Å². The molecule has 0 aliphatic rings. The van der Waals surface area contributed by atoms with E-state index in [-0.39, 0.29) is 11.9 Å². The summed E-state index contributed by atoms with van der Waals surface area (Å²) in [5.41, 5.74) is 2.59. The van der Waals surface area contributed by atoms with E-state index in [9.17, 15) is 4.79 Å². The van der Waals surface area contributed by atoms with Gasteiger partial charge >= 0.3 is 0 Å². The van der Waals surface area contributed by atoms with Crippen LogP contribution in [0, 0.1) is 0 Å². The lowest BCUT2D eigenvalue weighted by molar-refractivity contribution is -0.119. The quantitative estimate of drug-likeness (QED) is 0.791. The normalized spacial score (nSPS) is 12.2. The smallest absolute Gasteiger partial charge is 0.233 e. The van der Waals surface area contributed by atoms with Crippen LogP contribution in [0.1, 0.15) is 37.4 Å². The van der Waals surface area contributed by atoms with Crippen molar-refractivity contribution in [2.45, 2.75) is 32.7 Å². The highest BCUT2D eigenvalue weighted by Crippen LogP contribution is 2.13. The molecule has 0 saturated heterocycles. The number of hydrogen-bond acceptors (Lipinski definition) is 2. The van der Waals surface area contributed by atoms with Crippen molar-refractivity contribution in [2.75, 3.05) is 13.6 Å². The molecule has 0 aromatic heterocycles. The predicted molar refractivity (Wildman–Crippen MR) is 70.9 cm³/mol. The molecule has 1 aromatic carbocycles. The molecule has 1 atom stereocenters. The van der Waals surface area contributed by atoms with Crippen LogP contribution in [0.25, 0.3) is 0 Å². The molecule has 0 bridgehead atoms. The summed E-state index contributed by atoms with van der Waals surface area (Å²) in [6.07, 6.45) is 2.30. The minimum absolute atomic E-state index is 0.0134. The van der Waals surface area contributed by atoms with Gasteiger partial charge in [0.15, 0.2) is 0 Å². The van der Waals surface area contributed by atoms with Crippen molar-refractivity contribution >= 4 is 5.91 Å². The zero-order valence-corrected chi connectivity index (χ0v) is 10.9. The molecule has 94 valence electrons. The molecule has 0 heterocycles. The van der Waals surface area contributed by atoms with Crippen LogP contribution < -0.4 is 10.6 Å². The second kappa shape index (κ2) is 7.07.